The van der Waals surface area contributed by atoms with Gasteiger partial charge in [0.05, 0.1) is 0 Å². The average molecular weight is 112 g/mol. The molecule has 0 nitrogen and oxygen atoms in total. The summed E-state index contributed by atoms with van der Waals surface area (Å²) < 4.78 is 0. The second-order valence-electron chi connectivity index (χ2n) is 1.61. The molecule has 0 saturated heterocycles. The first kappa shape index (κ1) is 8.56. The maximum atomic E-state index is 3.63. The molecule has 0 aromatic heterocycles. The first-order chi connectivity index (χ1) is 3.93. The van der Waals surface area contributed by atoms with Crippen molar-refractivity contribution in [1.29, 1.82) is 0 Å². The molecule has 0 bridgehead atoms. The van der Waals surface area contributed by atoms with Crippen molar-refractivity contribution < 1.29 is 0 Å². The first-order valence-electron chi connectivity index (χ1n) is 2.61. The number of hydrogen-bond donors (Lipinski definition) is 0. The third-order valence-corrected chi connectivity index (χ3v) is 1.04. The summed E-state index contributed by atoms with van der Waals surface area (Å²) in [6.07, 6.45) is 1.83. The SMILES string of the molecule is C=Cc1ccccc1.[LiH]. The van der Waals surface area contributed by atoms with Gasteiger partial charge in [-0.05, 0) is 5.56 Å². The Morgan fingerprint density at radius 3 is 2.00 bits per heavy atom. The quantitative estimate of drug-likeness (QED) is 0.485. The van der Waals surface area contributed by atoms with E-state index >= 15 is 0 Å². The van der Waals surface area contributed by atoms with Crippen LogP contribution in [0.4, 0.5) is 0 Å². The third kappa shape index (κ3) is 2.56. The summed E-state index contributed by atoms with van der Waals surface area (Å²) in [7, 11) is 0. The van der Waals surface area contributed by atoms with Gasteiger partial charge in [-0.3, -0.25) is 0 Å². The summed E-state index contributed by atoms with van der Waals surface area (Å²) in [5.41, 5.74) is 1.17. The fourth-order valence-electron chi connectivity index (χ4n) is 0.589. The van der Waals surface area contributed by atoms with Crippen LogP contribution in [0.15, 0.2) is 36.9 Å². The van der Waals surface area contributed by atoms with Crippen LogP contribution < -0.4 is 0 Å². The van der Waals surface area contributed by atoms with Crippen LogP contribution in [0.5, 0.6) is 0 Å². The molecule has 0 amide bonds. The molecule has 0 unspecified atom stereocenters. The van der Waals surface area contributed by atoms with Gasteiger partial charge < -0.3 is 0 Å². The predicted molar refractivity (Wildman–Crippen MR) is 43.7 cm³/mol. The zero-order valence-electron chi connectivity index (χ0n) is 4.67. The average Bonchev–Trinajstić information content (AvgIpc) is 1.90. The summed E-state index contributed by atoms with van der Waals surface area (Å²) in [5, 5.41) is 0. The van der Waals surface area contributed by atoms with Crippen molar-refractivity contribution in [2.24, 2.45) is 0 Å². The van der Waals surface area contributed by atoms with Crippen molar-refractivity contribution in [1.82, 2.24) is 0 Å². The van der Waals surface area contributed by atoms with E-state index in [4.69, 9.17) is 0 Å². The fraction of sp³-hybridized carbons (Fsp3) is 0. The van der Waals surface area contributed by atoms with E-state index in [9.17, 15) is 0 Å². The zero-order valence-corrected chi connectivity index (χ0v) is 4.67. The summed E-state index contributed by atoms with van der Waals surface area (Å²) in [4.78, 5) is 0. The van der Waals surface area contributed by atoms with Gasteiger partial charge in [-0.25, -0.2) is 0 Å². The van der Waals surface area contributed by atoms with Crippen LogP contribution in [0.25, 0.3) is 6.08 Å². The molecule has 0 fully saturated rings. The van der Waals surface area contributed by atoms with E-state index in [1.807, 2.05) is 36.4 Å². The van der Waals surface area contributed by atoms with Crippen LogP contribution in [0.3, 0.4) is 0 Å². The second-order valence-corrected chi connectivity index (χ2v) is 1.61. The van der Waals surface area contributed by atoms with Crippen LogP contribution in [0.2, 0.25) is 0 Å². The van der Waals surface area contributed by atoms with E-state index in [1.54, 1.807) is 0 Å². The Hall–Kier alpha value is -0.443. The molecule has 0 heterocycles. The third-order valence-electron chi connectivity index (χ3n) is 1.04. The van der Waals surface area contributed by atoms with Crippen molar-refractivity contribution in [2.45, 2.75) is 0 Å². The van der Waals surface area contributed by atoms with Gasteiger partial charge in [-0.1, -0.05) is 43.0 Å². The standard InChI is InChI=1S/C8H8.Li.H/c1-2-8-6-4-3-5-7-8;;/h2-7H,1H2;;. The predicted octanol–water partition coefficient (Wildman–Crippen LogP) is 1.68. The van der Waals surface area contributed by atoms with Crippen LogP contribution >= 0.6 is 0 Å². The van der Waals surface area contributed by atoms with Crippen LogP contribution in [-0.2, 0) is 0 Å². The number of benzene rings is 1. The molecule has 0 N–H and O–H groups in total. The Bertz CT molecular complexity index is 167. The van der Waals surface area contributed by atoms with Crippen molar-refractivity contribution in [3.8, 4) is 0 Å². The fourth-order valence-corrected chi connectivity index (χ4v) is 0.589. The first-order valence-corrected chi connectivity index (χ1v) is 2.61. The van der Waals surface area contributed by atoms with Crippen LogP contribution in [0.1, 0.15) is 5.56 Å². The van der Waals surface area contributed by atoms with Gasteiger partial charge in [0.2, 0.25) is 0 Å². The van der Waals surface area contributed by atoms with Crippen molar-refractivity contribution in [3.63, 3.8) is 0 Å². The minimum absolute atomic E-state index is 0. The molecule has 0 saturated carbocycles. The Morgan fingerprint density at radius 1 is 1.11 bits per heavy atom. The van der Waals surface area contributed by atoms with Gasteiger partial charge in [-0.2, -0.15) is 0 Å². The number of hydrogen-bond acceptors (Lipinski definition) is 0. The van der Waals surface area contributed by atoms with Crippen LogP contribution in [0, 0.1) is 0 Å². The molecule has 1 aromatic rings. The molecule has 1 aromatic carbocycles. The molecule has 1 rings (SSSR count). The molecule has 9 heavy (non-hydrogen) atoms. The summed E-state index contributed by atoms with van der Waals surface area (Å²) >= 11 is 0. The monoisotopic (exact) mass is 112 g/mol. The van der Waals surface area contributed by atoms with Crippen molar-refractivity contribution in [3.05, 3.63) is 42.5 Å². The molecule has 0 atom stereocenters. The molecule has 0 radical (unpaired) electrons. The Kier molecular flexibility index (Phi) is 4.22. The minimum atomic E-state index is 0. The van der Waals surface area contributed by atoms with E-state index in [0.29, 0.717) is 0 Å². The molecular formula is C8H9Li. The molecule has 0 aliphatic rings. The van der Waals surface area contributed by atoms with Gasteiger partial charge >= 0.3 is 18.9 Å². The summed E-state index contributed by atoms with van der Waals surface area (Å²) in [6.45, 7) is 3.63. The number of rotatable bonds is 1. The van der Waals surface area contributed by atoms with E-state index in [2.05, 4.69) is 6.58 Å². The Balaban J connectivity index is 0.000000640. The van der Waals surface area contributed by atoms with Crippen molar-refractivity contribution in [2.75, 3.05) is 0 Å². The molecule has 1 heteroatoms. The Morgan fingerprint density at radius 2 is 1.67 bits per heavy atom. The molecule has 0 aliphatic heterocycles. The van der Waals surface area contributed by atoms with Gasteiger partial charge in [0, 0.05) is 0 Å². The molecule has 0 aliphatic carbocycles. The maximum absolute atomic E-state index is 3.63. The second kappa shape index (κ2) is 4.44. The summed E-state index contributed by atoms with van der Waals surface area (Å²) in [6, 6.07) is 10.0. The van der Waals surface area contributed by atoms with Gasteiger partial charge in [-0.15, -0.1) is 0 Å². The van der Waals surface area contributed by atoms with E-state index in [1.165, 1.54) is 5.56 Å². The van der Waals surface area contributed by atoms with E-state index < -0.39 is 0 Å². The van der Waals surface area contributed by atoms with Gasteiger partial charge in [0.15, 0.2) is 0 Å². The van der Waals surface area contributed by atoms with Gasteiger partial charge in [0.1, 0.15) is 0 Å². The van der Waals surface area contributed by atoms with E-state index in [0.717, 1.165) is 0 Å². The van der Waals surface area contributed by atoms with Gasteiger partial charge in [0.25, 0.3) is 0 Å². The van der Waals surface area contributed by atoms with E-state index in [-0.39, 0.29) is 18.9 Å². The molecule has 0 spiro atoms. The Labute approximate surface area is 67.8 Å². The van der Waals surface area contributed by atoms with Crippen molar-refractivity contribution >= 4 is 24.9 Å². The molecule has 42 valence electrons. The summed E-state index contributed by atoms with van der Waals surface area (Å²) in [5.74, 6) is 0. The molecular weight excluding hydrogens is 103 g/mol. The zero-order chi connectivity index (χ0) is 5.82. The van der Waals surface area contributed by atoms with Crippen LogP contribution in [-0.4, -0.2) is 18.9 Å². The topological polar surface area (TPSA) is 0 Å². The normalized spacial score (nSPS) is 7.56.